The zero-order valence-corrected chi connectivity index (χ0v) is 20.5. The summed E-state index contributed by atoms with van der Waals surface area (Å²) >= 11 is 0. The molecule has 2 aliphatic rings. The Balaban J connectivity index is 1.31. The van der Waals surface area contributed by atoms with Crippen molar-refractivity contribution in [3.05, 3.63) is 42.0 Å². The highest BCUT2D eigenvalue weighted by atomic mass is 19.1. The monoisotopic (exact) mass is 513 g/mol. The Labute approximate surface area is 212 Å². The molecule has 5 rings (SSSR count). The van der Waals surface area contributed by atoms with E-state index in [9.17, 15) is 14.0 Å². The first kappa shape index (κ1) is 24.8. The van der Waals surface area contributed by atoms with Gasteiger partial charge in [-0.3, -0.25) is 14.6 Å². The summed E-state index contributed by atoms with van der Waals surface area (Å²) in [6.07, 6.45) is 6.57. The third-order valence-corrected chi connectivity index (χ3v) is 7.01. The van der Waals surface area contributed by atoms with E-state index in [0.29, 0.717) is 25.9 Å². The SMILES string of the molecule is CN1CCCN(C(=O)C2CCN(c3c(F)cncc3NC(=O)c3c(N)nn4cc(F)cnc34)CC2)CC1. The lowest BCUT2D eigenvalue weighted by molar-refractivity contribution is -0.136. The average Bonchev–Trinajstić information content (AvgIpc) is 3.04. The van der Waals surface area contributed by atoms with E-state index in [1.165, 1.54) is 6.20 Å². The summed E-state index contributed by atoms with van der Waals surface area (Å²) in [5.74, 6) is -1.99. The molecule has 37 heavy (non-hydrogen) atoms. The van der Waals surface area contributed by atoms with Gasteiger partial charge in [-0.25, -0.2) is 18.3 Å². The Bertz CT molecular complexity index is 1320. The number of nitrogens with one attached hydrogen (secondary N) is 1. The standard InChI is InChI=1S/C24H29F2N9O2/c1-32-5-2-6-34(10-9-32)24(37)15-3-7-33(8-4-15)20-17(26)12-28-13-18(20)30-23(36)19-21(27)31-35-14-16(25)11-29-22(19)35/h11-15H,2-10H2,1H3,(H2,27,31)(H,30,36). The largest absolute Gasteiger partial charge is 0.381 e. The van der Waals surface area contributed by atoms with E-state index in [2.05, 4.69) is 32.3 Å². The molecule has 5 heterocycles. The van der Waals surface area contributed by atoms with Crippen molar-refractivity contribution in [3.63, 3.8) is 0 Å². The van der Waals surface area contributed by atoms with Gasteiger partial charge in [-0.1, -0.05) is 0 Å². The highest BCUT2D eigenvalue weighted by Gasteiger charge is 2.31. The van der Waals surface area contributed by atoms with E-state index >= 15 is 4.39 Å². The van der Waals surface area contributed by atoms with Crippen LogP contribution in [0.15, 0.2) is 24.8 Å². The van der Waals surface area contributed by atoms with Gasteiger partial charge in [0.1, 0.15) is 11.3 Å². The number of hydrogen-bond donors (Lipinski definition) is 2. The molecule has 0 saturated carbocycles. The zero-order valence-electron chi connectivity index (χ0n) is 20.5. The number of nitrogen functional groups attached to an aromatic ring is 1. The number of pyridine rings is 1. The van der Waals surface area contributed by atoms with Crippen LogP contribution in [0.1, 0.15) is 29.6 Å². The molecule has 3 aromatic rings. The van der Waals surface area contributed by atoms with Crippen LogP contribution < -0.4 is 16.0 Å². The van der Waals surface area contributed by atoms with Gasteiger partial charge in [0.15, 0.2) is 23.1 Å². The molecule has 0 spiro atoms. The molecule has 2 saturated heterocycles. The van der Waals surface area contributed by atoms with E-state index in [1.54, 1.807) is 0 Å². The van der Waals surface area contributed by atoms with E-state index in [1.807, 2.05) is 9.80 Å². The lowest BCUT2D eigenvalue weighted by atomic mass is 9.94. The van der Waals surface area contributed by atoms with Crippen LogP contribution in [0.25, 0.3) is 5.65 Å². The van der Waals surface area contributed by atoms with E-state index in [0.717, 1.165) is 55.7 Å². The van der Waals surface area contributed by atoms with Gasteiger partial charge in [0.25, 0.3) is 5.91 Å². The number of hydrogen-bond acceptors (Lipinski definition) is 8. The molecule has 0 bridgehead atoms. The predicted molar refractivity (Wildman–Crippen MR) is 133 cm³/mol. The van der Waals surface area contributed by atoms with Crippen molar-refractivity contribution in [1.29, 1.82) is 0 Å². The van der Waals surface area contributed by atoms with Gasteiger partial charge < -0.3 is 25.8 Å². The fraction of sp³-hybridized carbons (Fsp3) is 0.458. The highest BCUT2D eigenvalue weighted by Crippen LogP contribution is 2.33. The highest BCUT2D eigenvalue weighted by molar-refractivity contribution is 6.12. The van der Waals surface area contributed by atoms with Gasteiger partial charge in [0.2, 0.25) is 5.91 Å². The second-order valence-electron chi connectivity index (χ2n) is 9.52. The summed E-state index contributed by atoms with van der Waals surface area (Å²) < 4.78 is 29.6. The summed E-state index contributed by atoms with van der Waals surface area (Å²) in [4.78, 5) is 40.0. The number of amides is 2. The molecule has 0 aliphatic carbocycles. The maximum atomic E-state index is 15.0. The molecule has 0 unspecified atom stereocenters. The molecule has 3 aromatic heterocycles. The van der Waals surface area contributed by atoms with Gasteiger partial charge in [-0.2, -0.15) is 0 Å². The van der Waals surface area contributed by atoms with Crippen LogP contribution in [0.5, 0.6) is 0 Å². The van der Waals surface area contributed by atoms with Crippen molar-refractivity contribution in [2.75, 3.05) is 62.3 Å². The minimum absolute atomic E-state index is 0.0531. The minimum Gasteiger partial charge on any atom is -0.381 e. The van der Waals surface area contributed by atoms with E-state index in [-0.39, 0.29) is 40.2 Å². The van der Waals surface area contributed by atoms with Crippen LogP contribution in [0.3, 0.4) is 0 Å². The van der Waals surface area contributed by atoms with Crippen molar-refractivity contribution in [2.24, 2.45) is 5.92 Å². The Morgan fingerprint density at radius 1 is 1.05 bits per heavy atom. The second kappa shape index (κ2) is 10.2. The molecule has 2 aliphatic heterocycles. The molecule has 0 aromatic carbocycles. The lowest BCUT2D eigenvalue weighted by Crippen LogP contribution is -2.44. The molecule has 2 amide bonds. The lowest BCUT2D eigenvalue weighted by Gasteiger charge is -2.36. The van der Waals surface area contributed by atoms with Gasteiger partial charge in [-0.05, 0) is 32.9 Å². The molecule has 0 radical (unpaired) electrons. The first-order valence-corrected chi connectivity index (χ1v) is 12.3. The smallest absolute Gasteiger partial charge is 0.263 e. The number of anilines is 3. The topological polar surface area (TPSA) is 125 Å². The van der Waals surface area contributed by atoms with Crippen LogP contribution in [-0.2, 0) is 4.79 Å². The van der Waals surface area contributed by atoms with Gasteiger partial charge in [0.05, 0.1) is 30.5 Å². The number of fused-ring (bicyclic) bond motifs is 1. The molecule has 2 fully saturated rings. The number of nitrogens with two attached hydrogens (primary N) is 1. The third kappa shape index (κ3) is 5.03. The summed E-state index contributed by atoms with van der Waals surface area (Å²) in [6, 6.07) is 0. The van der Waals surface area contributed by atoms with Crippen LogP contribution in [0.2, 0.25) is 0 Å². The summed E-state index contributed by atoms with van der Waals surface area (Å²) in [7, 11) is 2.06. The molecule has 11 nitrogen and oxygen atoms in total. The minimum atomic E-state index is -0.670. The number of halogens is 2. The summed E-state index contributed by atoms with van der Waals surface area (Å²) in [5.41, 5.74) is 6.27. The second-order valence-corrected chi connectivity index (χ2v) is 9.52. The van der Waals surface area contributed by atoms with E-state index in [4.69, 9.17) is 5.73 Å². The van der Waals surface area contributed by atoms with Crippen LogP contribution in [0, 0.1) is 17.6 Å². The van der Waals surface area contributed by atoms with Crippen molar-refractivity contribution < 1.29 is 18.4 Å². The number of nitrogens with zero attached hydrogens (tertiary/aromatic N) is 7. The maximum Gasteiger partial charge on any atom is 0.263 e. The Kier molecular flexibility index (Phi) is 6.87. The number of carbonyl (C=O) groups is 2. The Morgan fingerprint density at radius 2 is 1.84 bits per heavy atom. The zero-order chi connectivity index (χ0) is 26.1. The quantitative estimate of drug-likeness (QED) is 0.539. The van der Waals surface area contributed by atoms with E-state index < -0.39 is 17.5 Å². The van der Waals surface area contributed by atoms with Crippen molar-refractivity contribution in [2.45, 2.75) is 19.3 Å². The van der Waals surface area contributed by atoms with Crippen LogP contribution >= 0.6 is 0 Å². The number of aromatic nitrogens is 4. The number of rotatable bonds is 4. The van der Waals surface area contributed by atoms with Gasteiger partial charge in [-0.15, -0.1) is 5.10 Å². The van der Waals surface area contributed by atoms with Crippen molar-refractivity contribution >= 4 is 34.7 Å². The maximum absolute atomic E-state index is 15.0. The number of carbonyl (C=O) groups excluding carboxylic acids is 2. The first-order chi connectivity index (χ1) is 17.8. The fourth-order valence-corrected chi connectivity index (χ4v) is 5.05. The molecule has 196 valence electrons. The molecular formula is C24H29F2N9O2. The molecule has 3 N–H and O–H groups in total. The molecule has 0 atom stereocenters. The van der Waals surface area contributed by atoms with Gasteiger partial charge in [0, 0.05) is 38.6 Å². The van der Waals surface area contributed by atoms with Crippen molar-refractivity contribution in [1.82, 2.24) is 29.4 Å². The van der Waals surface area contributed by atoms with Gasteiger partial charge >= 0.3 is 0 Å². The Hall–Kier alpha value is -3.87. The summed E-state index contributed by atoms with van der Waals surface area (Å²) in [6.45, 7) is 4.22. The van der Waals surface area contributed by atoms with Crippen LogP contribution in [-0.4, -0.2) is 87.5 Å². The first-order valence-electron chi connectivity index (χ1n) is 12.3. The predicted octanol–water partition coefficient (Wildman–Crippen LogP) is 1.62. The van der Waals surface area contributed by atoms with Crippen LogP contribution in [0.4, 0.5) is 26.0 Å². The Morgan fingerprint density at radius 3 is 2.62 bits per heavy atom. The van der Waals surface area contributed by atoms with Crippen molar-refractivity contribution in [3.8, 4) is 0 Å². The number of likely N-dealkylation sites (N-methyl/N-ethyl adjacent to an activating group) is 1. The average molecular weight is 514 g/mol. The number of piperidine rings is 1. The third-order valence-electron chi connectivity index (χ3n) is 7.01. The summed E-state index contributed by atoms with van der Waals surface area (Å²) in [5, 5.41) is 6.60. The molecule has 13 heteroatoms. The fourth-order valence-electron chi connectivity index (χ4n) is 5.05. The normalized spacial score (nSPS) is 17.7. The molecular weight excluding hydrogens is 484 g/mol.